The molecule has 0 aromatic carbocycles. The lowest BCUT2D eigenvalue weighted by molar-refractivity contribution is -0.201. The van der Waals surface area contributed by atoms with E-state index in [2.05, 4.69) is 13.8 Å². The van der Waals surface area contributed by atoms with Gasteiger partial charge in [0.15, 0.2) is 0 Å². The minimum absolute atomic E-state index is 0.0310. The molecule has 272 valence electrons. The van der Waals surface area contributed by atoms with Crippen molar-refractivity contribution in [2.45, 2.75) is 103 Å². The van der Waals surface area contributed by atoms with E-state index in [1.165, 1.54) is 12.8 Å². The number of carbonyl (C=O) groups excluding carboxylic acids is 1. The second-order valence-electron chi connectivity index (χ2n) is 15.4. The van der Waals surface area contributed by atoms with E-state index in [1.807, 2.05) is 6.92 Å². The zero-order valence-electron chi connectivity index (χ0n) is 28.3. The monoisotopic (exact) mass is 682 g/mol. The van der Waals surface area contributed by atoms with Gasteiger partial charge in [-0.3, -0.25) is 24.1 Å². The molecule has 0 aromatic heterocycles. The Balaban J connectivity index is 1.40. The number of ether oxygens (including phenoxy) is 1. The summed E-state index contributed by atoms with van der Waals surface area (Å²) in [5.41, 5.74) is -0.319. The van der Waals surface area contributed by atoms with E-state index < -0.39 is 73.3 Å². The molecule has 4 rings (SSSR count). The Morgan fingerprint density at radius 3 is 2.08 bits per heavy atom. The molecule has 0 aliphatic heterocycles. The standard InChI is InChI=1S/C34H54N2O12/c1-19(7-10-29(45)48-31(32(46)47)36(18-28(43)44)13-12-35(16-26(39)40)17-27(41)42)21-8-9-22-30-23(15-25(38)34(21,22)3)33(2)11-5-4-6-20(33)14-24(30)37/h19-25,30-31,37-38H,4-18H2,1-3H3,(H,39,40)(H,41,42)(H,43,44)(H,46,47). The summed E-state index contributed by atoms with van der Waals surface area (Å²) < 4.78 is 5.27. The van der Waals surface area contributed by atoms with Gasteiger partial charge in [0.1, 0.15) is 6.54 Å². The number of hydrogen-bond acceptors (Lipinski definition) is 10. The van der Waals surface area contributed by atoms with Crippen LogP contribution in [0.2, 0.25) is 0 Å². The van der Waals surface area contributed by atoms with Gasteiger partial charge in [-0.05, 0) is 91.3 Å². The molecule has 14 heteroatoms. The van der Waals surface area contributed by atoms with Crippen LogP contribution in [0, 0.1) is 46.3 Å². The number of aliphatic hydroxyl groups excluding tert-OH is 2. The van der Waals surface area contributed by atoms with Crippen molar-refractivity contribution in [3.63, 3.8) is 0 Å². The molecule has 48 heavy (non-hydrogen) atoms. The number of carboxylic acids is 4. The SMILES string of the molecule is CC(CCC(=O)OC(C(=O)O)N(CCN(CC(=O)O)CC(=O)O)CC(=O)O)C1CCC2C3C(O)CC4CCCCC4(C)C3CC(O)C12C. The predicted molar refractivity (Wildman–Crippen MR) is 169 cm³/mol. The second kappa shape index (κ2) is 15.4. The molecule has 0 radical (unpaired) electrons. The van der Waals surface area contributed by atoms with E-state index in [1.54, 1.807) is 0 Å². The van der Waals surface area contributed by atoms with E-state index in [-0.39, 0.29) is 54.5 Å². The largest absolute Gasteiger partial charge is 0.480 e. The van der Waals surface area contributed by atoms with Crippen LogP contribution in [0.5, 0.6) is 0 Å². The molecule has 14 nitrogen and oxygen atoms in total. The maximum atomic E-state index is 13.0. The Morgan fingerprint density at radius 2 is 1.48 bits per heavy atom. The molecular formula is C34H54N2O12. The third-order valence-corrected chi connectivity index (χ3v) is 12.8. The minimum Gasteiger partial charge on any atom is -0.480 e. The van der Waals surface area contributed by atoms with E-state index >= 15 is 0 Å². The van der Waals surface area contributed by atoms with Crippen LogP contribution in [0.15, 0.2) is 0 Å². The lowest BCUT2D eigenvalue weighted by atomic mass is 9.43. The van der Waals surface area contributed by atoms with Gasteiger partial charge >= 0.3 is 29.8 Å². The molecule has 11 atom stereocenters. The van der Waals surface area contributed by atoms with Crippen molar-refractivity contribution < 1.29 is 59.3 Å². The number of esters is 1. The summed E-state index contributed by atoms with van der Waals surface area (Å²) in [5.74, 6) is -5.44. The van der Waals surface area contributed by atoms with Crippen LogP contribution in [-0.2, 0) is 28.7 Å². The maximum Gasteiger partial charge on any atom is 0.360 e. The van der Waals surface area contributed by atoms with Gasteiger partial charge in [-0.15, -0.1) is 0 Å². The summed E-state index contributed by atoms with van der Waals surface area (Å²) in [4.78, 5) is 60.8. The number of aliphatic carboxylic acids is 4. The maximum absolute atomic E-state index is 13.0. The summed E-state index contributed by atoms with van der Waals surface area (Å²) >= 11 is 0. The number of carbonyl (C=O) groups is 5. The lowest BCUT2D eigenvalue weighted by Gasteiger charge is -2.63. The molecule has 0 bridgehead atoms. The minimum atomic E-state index is -1.98. The first-order chi connectivity index (χ1) is 22.5. The van der Waals surface area contributed by atoms with Crippen molar-refractivity contribution in [1.82, 2.24) is 9.80 Å². The smallest absolute Gasteiger partial charge is 0.360 e. The van der Waals surface area contributed by atoms with Crippen LogP contribution >= 0.6 is 0 Å². The highest BCUT2D eigenvalue weighted by molar-refractivity contribution is 5.78. The normalized spacial score (nSPS) is 35.6. The molecule has 4 fully saturated rings. The summed E-state index contributed by atoms with van der Waals surface area (Å²) in [6.07, 6.45) is 5.14. The van der Waals surface area contributed by atoms with Crippen molar-refractivity contribution in [3.05, 3.63) is 0 Å². The zero-order chi connectivity index (χ0) is 35.6. The number of hydrogen-bond donors (Lipinski definition) is 6. The quantitative estimate of drug-likeness (QED) is 0.102. The van der Waals surface area contributed by atoms with Crippen molar-refractivity contribution in [2.75, 3.05) is 32.7 Å². The number of fused-ring (bicyclic) bond motifs is 5. The third kappa shape index (κ3) is 7.97. The van der Waals surface area contributed by atoms with Crippen LogP contribution in [0.25, 0.3) is 0 Å². The topological polar surface area (TPSA) is 222 Å². The van der Waals surface area contributed by atoms with Crippen LogP contribution in [0.3, 0.4) is 0 Å². The molecule has 4 aliphatic carbocycles. The molecule has 0 aromatic rings. The fraction of sp³-hybridized carbons (Fsp3) is 0.853. The average molecular weight is 683 g/mol. The van der Waals surface area contributed by atoms with Crippen molar-refractivity contribution in [3.8, 4) is 0 Å². The number of carboxylic acid groups (broad SMARTS) is 4. The Kier molecular flexibility index (Phi) is 12.2. The Labute approximate surface area is 281 Å². The van der Waals surface area contributed by atoms with Crippen LogP contribution in [0.1, 0.15) is 85.0 Å². The molecular weight excluding hydrogens is 628 g/mol. The first-order valence-corrected chi connectivity index (χ1v) is 17.4. The Hall–Kier alpha value is -2.81. The van der Waals surface area contributed by atoms with Gasteiger partial charge in [0.05, 0.1) is 25.3 Å². The van der Waals surface area contributed by atoms with Crippen LogP contribution < -0.4 is 0 Å². The summed E-state index contributed by atoms with van der Waals surface area (Å²) in [6.45, 7) is 3.66. The molecule has 0 amide bonds. The van der Waals surface area contributed by atoms with Gasteiger partial charge in [0, 0.05) is 19.5 Å². The highest BCUT2D eigenvalue weighted by Gasteiger charge is 2.65. The molecule has 0 spiro atoms. The summed E-state index contributed by atoms with van der Waals surface area (Å²) in [6, 6.07) is 0. The highest BCUT2D eigenvalue weighted by Crippen LogP contribution is 2.68. The average Bonchev–Trinajstić information content (AvgIpc) is 3.35. The van der Waals surface area contributed by atoms with Gasteiger partial charge in [-0.2, -0.15) is 0 Å². The summed E-state index contributed by atoms with van der Waals surface area (Å²) in [7, 11) is 0. The molecule has 0 heterocycles. The second-order valence-corrected chi connectivity index (χ2v) is 15.4. The lowest BCUT2D eigenvalue weighted by Crippen LogP contribution is -2.61. The number of rotatable bonds is 16. The molecule has 4 saturated carbocycles. The third-order valence-electron chi connectivity index (χ3n) is 12.8. The predicted octanol–water partition coefficient (Wildman–Crippen LogP) is 2.21. The number of nitrogens with zero attached hydrogens (tertiary/aromatic N) is 2. The van der Waals surface area contributed by atoms with E-state index in [4.69, 9.17) is 14.9 Å². The highest BCUT2D eigenvalue weighted by atomic mass is 16.6. The van der Waals surface area contributed by atoms with Gasteiger partial charge < -0.3 is 35.4 Å². The first kappa shape index (κ1) is 38.0. The molecule has 0 saturated heterocycles. The van der Waals surface area contributed by atoms with Gasteiger partial charge in [0.25, 0.3) is 6.23 Å². The van der Waals surface area contributed by atoms with Crippen molar-refractivity contribution >= 4 is 29.8 Å². The Bertz CT molecular complexity index is 1200. The molecule has 11 unspecified atom stereocenters. The molecule has 4 aliphatic rings. The zero-order valence-corrected chi connectivity index (χ0v) is 28.3. The van der Waals surface area contributed by atoms with Crippen LogP contribution in [0.4, 0.5) is 0 Å². The fourth-order valence-electron chi connectivity index (χ4n) is 10.5. The van der Waals surface area contributed by atoms with E-state index in [9.17, 15) is 44.4 Å². The first-order valence-electron chi connectivity index (χ1n) is 17.4. The van der Waals surface area contributed by atoms with Gasteiger partial charge in [-0.25, -0.2) is 9.69 Å². The molecule has 6 N–H and O–H groups in total. The van der Waals surface area contributed by atoms with Gasteiger partial charge in [-0.1, -0.05) is 33.6 Å². The van der Waals surface area contributed by atoms with Crippen molar-refractivity contribution in [1.29, 1.82) is 0 Å². The van der Waals surface area contributed by atoms with E-state index in [0.29, 0.717) is 18.8 Å². The number of aliphatic hydroxyl groups is 2. The summed E-state index contributed by atoms with van der Waals surface area (Å²) in [5, 5.41) is 60.7. The fourth-order valence-corrected chi connectivity index (χ4v) is 10.5. The van der Waals surface area contributed by atoms with E-state index in [0.717, 1.165) is 41.9 Å². The van der Waals surface area contributed by atoms with Crippen LogP contribution in [-0.4, -0.2) is 121 Å². The van der Waals surface area contributed by atoms with Crippen molar-refractivity contribution in [2.24, 2.45) is 46.3 Å². The van der Waals surface area contributed by atoms with Gasteiger partial charge in [0.2, 0.25) is 0 Å². The Morgan fingerprint density at radius 1 is 0.833 bits per heavy atom.